The summed E-state index contributed by atoms with van der Waals surface area (Å²) in [5.41, 5.74) is 1.61. The van der Waals surface area contributed by atoms with Gasteiger partial charge in [0.05, 0.1) is 19.3 Å². The van der Waals surface area contributed by atoms with Crippen LogP contribution in [0.4, 0.5) is 0 Å². The van der Waals surface area contributed by atoms with E-state index in [0.717, 1.165) is 11.3 Å². The van der Waals surface area contributed by atoms with Crippen LogP contribution in [0.25, 0.3) is 11.6 Å². The molecule has 0 spiro atoms. The van der Waals surface area contributed by atoms with E-state index < -0.39 is 5.97 Å². The summed E-state index contributed by atoms with van der Waals surface area (Å²) in [6.45, 7) is 4.83. The number of aliphatic carboxylic acids is 1. The molecule has 0 saturated heterocycles. The monoisotopic (exact) mass is 326 g/mol. The molecular formula is C20H22O4. The zero-order chi connectivity index (χ0) is 17.5. The Kier molecular flexibility index (Phi) is 6.01. The molecule has 0 heterocycles. The Balaban J connectivity index is 2.25. The van der Waals surface area contributed by atoms with E-state index in [1.54, 1.807) is 37.5 Å². The van der Waals surface area contributed by atoms with Crippen LogP contribution < -0.4 is 9.47 Å². The Hall–Kier alpha value is -2.75. The first-order valence-corrected chi connectivity index (χ1v) is 7.82. The number of carbonyl (C=O) groups is 1. The fourth-order valence-corrected chi connectivity index (χ4v) is 2.15. The van der Waals surface area contributed by atoms with Gasteiger partial charge >= 0.3 is 5.97 Å². The van der Waals surface area contributed by atoms with E-state index in [1.807, 2.05) is 24.3 Å². The molecule has 0 saturated carbocycles. The van der Waals surface area contributed by atoms with E-state index >= 15 is 0 Å². The van der Waals surface area contributed by atoms with Crippen LogP contribution in [-0.4, -0.2) is 24.8 Å². The Morgan fingerprint density at radius 2 is 1.83 bits per heavy atom. The average molecular weight is 326 g/mol. The molecule has 2 aromatic carbocycles. The van der Waals surface area contributed by atoms with Crippen LogP contribution in [0.2, 0.25) is 0 Å². The van der Waals surface area contributed by atoms with Crippen molar-refractivity contribution in [3.05, 3.63) is 59.7 Å². The highest BCUT2D eigenvalue weighted by atomic mass is 16.5. The van der Waals surface area contributed by atoms with Crippen molar-refractivity contribution in [2.75, 3.05) is 13.7 Å². The van der Waals surface area contributed by atoms with E-state index in [9.17, 15) is 9.90 Å². The summed E-state index contributed by atoms with van der Waals surface area (Å²) in [4.78, 5) is 11.6. The number of ether oxygens (including phenoxy) is 2. The van der Waals surface area contributed by atoms with Gasteiger partial charge in [0.15, 0.2) is 0 Å². The maximum Gasteiger partial charge on any atom is 0.336 e. The highest BCUT2D eigenvalue weighted by molar-refractivity contribution is 6.20. The van der Waals surface area contributed by atoms with Crippen LogP contribution in [0.5, 0.6) is 11.5 Å². The summed E-state index contributed by atoms with van der Waals surface area (Å²) >= 11 is 0. The lowest BCUT2D eigenvalue weighted by molar-refractivity contribution is -0.130. The van der Waals surface area contributed by atoms with Crippen LogP contribution in [0.15, 0.2) is 48.5 Å². The first kappa shape index (κ1) is 17.6. The molecule has 0 aliphatic heterocycles. The van der Waals surface area contributed by atoms with Gasteiger partial charge in [0.25, 0.3) is 0 Å². The lowest BCUT2D eigenvalue weighted by Gasteiger charge is -2.09. The summed E-state index contributed by atoms with van der Waals surface area (Å²) in [5, 5.41) is 9.52. The van der Waals surface area contributed by atoms with Gasteiger partial charge in [-0.3, -0.25) is 0 Å². The summed E-state index contributed by atoms with van der Waals surface area (Å²) in [5.74, 6) is 0.871. The zero-order valence-electron chi connectivity index (χ0n) is 14.2. The Morgan fingerprint density at radius 3 is 2.42 bits per heavy atom. The smallest absolute Gasteiger partial charge is 0.336 e. The first-order chi connectivity index (χ1) is 11.5. The second-order valence-corrected chi connectivity index (χ2v) is 5.87. The molecule has 0 aliphatic carbocycles. The van der Waals surface area contributed by atoms with Crippen molar-refractivity contribution in [1.29, 1.82) is 0 Å². The third-order valence-corrected chi connectivity index (χ3v) is 3.39. The summed E-state index contributed by atoms with van der Waals surface area (Å²) in [7, 11) is 1.55. The Morgan fingerprint density at radius 1 is 1.12 bits per heavy atom. The number of hydrogen-bond acceptors (Lipinski definition) is 3. The lowest BCUT2D eigenvalue weighted by Crippen LogP contribution is -2.04. The number of methoxy groups -OCH3 is 1. The van der Waals surface area contributed by atoms with Crippen molar-refractivity contribution in [2.45, 2.75) is 13.8 Å². The molecule has 0 aliphatic rings. The maximum absolute atomic E-state index is 11.6. The molecule has 0 unspecified atom stereocenters. The molecular weight excluding hydrogens is 304 g/mol. The molecule has 0 atom stereocenters. The zero-order valence-corrected chi connectivity index (χ0v) is 14.2. The molecule has 0 bridgehead atoms. The quantitative estimate of drug-likeness (QED) is 0.607. The molecule has 2 rings (SSSR count). The minimum atomic E-state index is -0.983. The molecule has 0 fully saturated rings. The number of hydrogen-bond donors (Lipinski definition) is 1. The lowest BCUT2D eigenvalue weighted by atomic mass is 10.0. The third-order valence-electron chi connectivity index (χ3n) is 3.39. The van der Waals surface area contributed by atoms with Crippen molar-refractivity contribution < 1.29 is 19.4 Å². The summed E-state index contributed by atoms with van der Waals surface area (Å²) < 4.78 is 10.8. The van der Waals surface area contributed by atoms with Gasteiger partial charge in [-0.1, -0.05) is 38.1 Å². The summed E-state index contributed by atoms with van der Waals surface area (Å²) in [6.07, 6.45) is 1.64. The van der Waals surface area contributed by atoms with Crippen molar-refractivity contribution in [3.63, 3.8) is 0 Å². The molecule has 24 heavy (non-hydrogen) atoms. The number of carboxylic acids is 1. The van der Waals surface area contributed by atoms with E-state index in [-0.39, 0.29) is 5.57 Å². The third kappa shape index (κ3) is 4.88. The Labute approximate surface area is 142 Å². The van der Waals surface area contributed by atoms with Crippen LogP contribution in [-0.2, 0) is 4.79 Å². The van der Waals surface area contributed by atoms with Gasteiger partial charge < -0.3 is 14.6 Å². The molecule has 0 amide bonds. The SMILES string of the molecule is COc1cccc(/C(=C/c2ccc(OCC(C)C)cc2)C(=O)O)c1. The van der Waals surface area contributed by atoms with E-state index in [2.05, 4.69) is 13.8 Å². The number of rotatable bonds is 7. The van der Waals surface area contributed by atoms with Gasteiger partial charge in [-0.2, -0.15) is 0 Å². The van der Waals surface area contributed by atoms with Crippen molar-refractivity contribution >= 4 is 17.6 Å². The number of carboxylic acid groups (broad SMARTS) is 1. The van der Waals surface area contributed by atoms with Gasteiger partial charge in [0.2, 0.25) is 0 Å². The predicted molar refractivity (Wildman–Crippen MR) is 95.3 cm³/mol. The van der Waals surface area contributed by atoms with Crippen LogP contribution >= 0.6 is 0 Å². The van der Waals surface area contributed by atoms with E-state index in [1.165, 1.54) is 0 Å². The normalized spacial score (nSPS) is 11.4. The fourth-order valence-electron chi connectivity index (χ4n) is 2.15. The van der Waals surface area contributed by atoms with E-state index in [0.29, 0.717) is 23.8 Å². The standard InChI is InChI=1S/C20H22O4/c1-14(2)13-24-17-9-7-15(8-10-17)11-19(20(21)22)16-5-4-6-18(12-16)23-3/h4-12,14H,13H2,1-3H3,(H,21,22)/b19-11-. The topological polar surface area (TPSA) is 55.8 Å². The van der Waals surface area contributed by atoms with E-state index in [4.69, 9.17) is 9.47 Å². The van der Waals surface area contributed by atoms with Gasteiger partial charge in [0.1, 0.15) is 11.5 Å². The highest BCUT2D eigenvalue weighted by Crippen LogP contribution is 2.23. The summed E-state index contributed by atoms with van der Waals surface area (Å²) in [6, 6.07) is 14.4. The van der Waals surface area contributed by atoms with Crippen molar-refractivity contribution in [3.8, 4) is 11.5 Å². The maximum atomic E-state index is 11.6. The Bertz CT molecular complexity index is 715. The first-order valence-electron chi connectivity index (χ1n) is 7.82. The minimum Gasteiger partial charge on any atom is -0.497 e. The van der Waals surface area contributed by atoms with Gasteiger partial charge in [-0.05, 0) is 47.4 Å². The second-order valence-electron chi connectivity index (χ2n) is 5.87. The van der Waals surface area contributed by atoms with Crippen LogP contribution in [0, 0.1) is 5.92 Å². The molecule has 126 valence electrons. The predicted octanol–water partition coefficient (Wildman–Crippen LogP) is 4.36. The molecule has 2 aromatic rings. The minimum absolute atomic E-state index is 0.213. The molecule has 1 N–H and O–H groups in total. The fraction of sp³-hybridized carbons (Fsp3) is 0.250. The van der Waals surface area contributed by atoms with Crippen molar-refractivity contribution in [2.24, 2.45) is 5.92 Å². The van der Waals surface area contributed by atoms with Gasteiger partial charge in [-0.15, -0.1) is 0 Å². The average Bonchev–Trinajstić information content (AvgIpc) is 2.58. The molecule has 0 radical (unpaired) electrons. The molecule has 4 heteroatoms. The number of benzene rings is 2. The molecule has 4 nitrogen and oxygen atoms in total. The van der Waals surface area contributed by atoms with Crippen LogP contribution in [0.1, 0.15) is 25.0 Å². The van der Waals surface area contributed by atoms with Gasteiger partial charge in [0, 0.05) is 0 Å². The van der Waals surface area contributed by atoms with Gasteiger partial charge in [-0.25, -0.2) is 4.79 Å². The van der Waals surface area contributed by atoms with Crippen molar-refractivity contribution in [1.82, 2.24) is 0 Å². The second kappa shape index (κ2) is 8.20. The highest BCUT2D eigenvalue weighted by Gasteiger charge is 2.11. The van der Waals surface area contributed by atoms with Crippen LogP contribution in [0.3, 0.4) is 0 Å². The largest absolute Gasteiger partial charge is 0.497 e. The molecule has 0 aromatic heterocycles.